The Hall–Kier alpha value is -1.44. The van der Waals surface area contributed by atoms with Gasteiger partial charge in [-0.1, -0.05) is 11.6 Å². The fourth-order valence-corrected chi connectivity index (χ4v) is 1.48. The number of carbonyl (C=O) groups is 1. The molecule has 0 radical (unpaired) electrons. The van der Waals surface area contributed by atoms with Crippen molar-refractivity contribution in [3.63, 3.8) is 0 Å². The van der Waals surface area contributed by atoms with Crippen molar-refractivity contribution in [2.24, 2.45) is 0 Å². The minimum Gasteiger partial charge on any atom is -0.465 e. The molecule has 0 aromatic carbocycles. The summed E-state index contributed by atoms with van der Waals surface area (Å²) < 4.78 is 67.1. The van der Waals surface area contributed by atoms with Gasteiger partial charge in [-0.15, -0.1) is 0 Å². The molecule has 18 heavy (non-hydrogen) atoms. The monoisotopic (exact) mass is 289 g/mol. The largest absolute Gasteiger partial charge is 0.465 e. The van der Waals surface area contributed by atoms with E-state index in [0.29, 0.717) is 0 Å². The summed E-state index contributed by atoms with van der Waals surface area (Å²) in [7, 11) is 0.828. The number of carbonyl (C=O) groups excluding carboxylic acids is 1. The third kappa shape index (κ3) is 2.69. The van der Waals surface area contributed by atoms with Crippen molar-refractivity contribution in [2.75, 3.05) is 7.11 Å². The Labute approximate surface area is 103 Å². The zero-order valence-electron chi connectivity index (χ0n) is 8.69. The van der Waals surface area contributed by atoms with Gasteiger partial charge in [0.15, 0.2) is 0 Å². The van der Waals surface area contributed by atoms with E-state index in [9.17, 15) is 26.7 Å². The minimum atomic E-state index is -5.08. The molecule has 0 aliphatic rings. The number of aromatic nitrogens is 1. The molecule has 9 heteroatoms. The average molecular weight is 290 g/mol. The van der Waals surface area contributed by atoms with Crippen molar-refractivity contribution < 1.29 is 31.5 Å². The van der Waals surface area contributed by atoms with Gasteiger partial charge in [0, 0.05) is 11.8 Å². The molecule has 0 aliphatic carbocycles. The van der Waals surface area contributed by atoms with Crippen molar-refractivity contribution in [1.29, 1.82) is 0 Å². The summed E-state index contributed by atoms with van der Waals surface area (Å²) >= 11 is 5.36. The van der Waals surface area contributed by atoms with E-state index in [1.165, 1.54) is 0 Å². The second-order valence-electron chi connectivity index (χ2n) is 3.04. The van der Waals surface area contributed by atoms with Crippen LogP contribution in [0.1, 0.15) is 27.9 Å². The summed E-state index contributed by atoms with van der Waals surface area (Å²) in [6, 6.07) is 0. The van der Waals surface area contributed by atoms with Crippen LogP contribution >= 0.6 is 11.6 Å². The first-order chi connectivity index (χ1) is 8.20. The van der Waals surface area contributed by atoms with E-state index >= 15 is 0 Å². The van der Waals surface area contributed by atoms with Crippen molar-refractivity contribution in [3.8, 4) is 0 Å². The molecule has 0 unspecified atom stereocenters. The molecule has 0 saturated heterocycles. The van der Waals surface area contributed by atoms with Crippen LogP contribution in [0.2, 0.25) is 5.15 Å². The Morgan fingerprint density at radius 1 is 1.44 bits per heavy atom. The lowest BCUT2D eigenvalue weighted by atomic mass is 10.0. The van der Waals surface area contributed by atoms with Crippen molar-refractivity contribution in [1.82, 2.24) is 4.98 Å². The SMILES string of the molecule is COC(=O)c1c(Cl)ncc(C(F)(F)F)c1C(F)F. The molecule has 0 atom stereocenters. The van der Waals surface area contributed by atoms with E-state index in [4.69, 9.17) is 11.6 Å². The van der Waals surface area contributed by atoms with Gasteiger partial charge in [-0.3, -0.25) is 0 Å². The van der Waals surface area contributed by atoms with Crippen molar-refractivity contribution in [3.05, 3.63) is 28.0 Å². The lowest BCUT2D eigenvalue weighted by Gasteiger charge is -2.15. The third-order valence-electron chi connectivity index (χ3n) is 1.99. The Bertz CT molecular complexity index is 475. The molecule has 0 N–H and O–H groups in total. The molecule has 0 aliphatic heterocycles. The average Bonchev–Trinajstić information content (AvgIpc) is 2.25. The van der Waals surface area contributed by atoms with Crippen LogP contribution in [0.5, 0.6) is 0 Å². The molecule has 0 amide bonds. The van der Waals surface area contributed by atoms with E-state index in [-0.39, 0.29) is 6.20 Å². The minimum absolute atomic E-state index is 0.149. The number of rotatable bonds is 2. The molecule has 3 nitrogen and oxygen atoms in total. The lowest BCUT2D eigenvalue weighted by molar-refractivity contribution is -0.139. The topological polar surface area (TPSA) is 39.2 Å². The van der Waals surface area contributed by atoms with Crippen LogP contribution in [0.15, 0.2) is 6.20 Å². The fourth-order valence-electron chi connectivity index (χ4n) is 1.25. The molecule has 100 valence electrons. The Morgan fingerprint density at radius 2 is 2.00 bits per heavy atom. The molecule has 1 rings (SSSR count). The molecule has 1 heterocycles. The van der Waals surface area contributed by atoms with E-state index in [0.717, 1.165) is 7.11 Å². The number of hydrogen-bond donors (Lipinski definition) is 0. The van der Waals surface area contributed by atoms with E-state index in [2.05, 4.69) is 9.72 Å². The maximum atomic E-state index is 12.7. The highest BCUT2D eigenvalue weighted by Crippen LogP contribution is 2.39. The smallest absolute Gasteiger partial charge is 0.418 e. The van der Waals surface area contributed by atoms with Gasteiger partial charge in [0.25, 0.3) is 6.43 Å². The lowest BCUT2D eigenvalue weighted by Crippen LogP contribution is -2.16. The number of esters is 1. The van der Waals surface area contributed by atoms with Gasteiger partial charge in [-0.2, -0.15) is 13.2 Å². The maximum Gasteiger partial charge on any atom is 0.418 e. The number of nitrogens with zero attached hydrogens (tertiary/aromatic N) is 1. The first-order valence-corrected chi connectivity index (χ1v) is 4.70. The van der Waals surface area contributed by atoms with Crippen LogP contribution in [0.3, 0.4) is 0 Å². The van der Waals surface area contributed by atoms with Gasteiger partial charge in [-0.05, 0) is 0 Å². The van der Waals surface area contributed by atoms with Gasteiger partial charge in [0.05, 0.1) is 12.7 Å². The van der Waals surface area contributed by atoms with Crippen LogP contribution in [0.4, 0.5) is 22.0 Å². The predicted octanol–water partition coefficient (Wildman–Crippen LogP) is 3.48. The second kappa shape index (κ2) is 5.05. The van der Waals surface area contributed by atoms with Crippen LogP contribution in [0.25, 0.3) is 0 Å². The van der Waals surface area contributed by atoms with Gasteiger partial charge in [0.1, 0.15) is 10.7 Å². The van der Waals surface area contributed by atoms with Gasteiger partial charge < -0.3 is 4.74 Å². The highest BCUT2D eigenvalue weighted by molar-refractivity contribution is 6.32. The Kier molecular flexibility index (Phi) is 4.10. The van der Waals surface area contributed by atoms with Crippen LogP contribution in [-0.2, 0) is 10.9 Å². The quantitative estimate of drug-likeness (QED) is 0.475. The Balaban J connectivity index is 3.64. The number of ether oxygens (including phenoxy) is 1. The maximum absolute atomic E-state index is 12.7. The van der Waals surface area contributed by atoms with Crippen LogP contribution < -0.4 is 0 Å². The summed E-state index contributed by atoms with van der Waals surface area (Å²) in [6.45, 7) is 0. The fraction of sp³-hybridized carbons (Fsp3) is 0.333. The molecule has 1 aromatic heterocycles. The zero-order chi connectivity index (χ0) is 14.1. The van der Waals surface area contributed by atoms with Crippen molar-refractivity contribution >= 4 is 17.6 Å². The molecule has 1 aromatic rings. The number of pyridine rings is 1. The molecule has 0 fully saturated rings. The molecular formula is C9H5ClF5NO2. The highest BCUT2D eigenvalue weighted by Gasteiger charge is 2.40. The number of alkyl halides is 5. The molecule has 0 spiro atoms. The highest BCUT2D eigenvalue weighted by atomic mass is 35.5. The predicted molar refractivity (Wildman–Crippen MR) is 50.5 cm³/mol. The van der Waals surface area contributed by atoms with Crippen LogP contribution in [-0.4, -0.2) is 18.1 Å². The summed E-state index contributed by atoms with van der Waals surface area (Å²) in [6.07, 6.45) is -8.47. The molecule has 0 bridgehead atoms. The van der Waals surface area contributed by atoms with Gasteiger partial charge in [-0.25, -0.2) is 18.6 Å². The van der Waals surface area contributed by atoms with Crippen molar-refractivity contribution in [2.45, 2.75) is 12.6 Å². The molecule has 0 saturated carbocycles. The first kappa shape index (κ1) is 14.6. The Morgan fingerprint density at radius 3 is 2.39 bits per heavy atom. The number of hydrogen-bond acceptors (Lipinski definition) is 3. The summed E-state index contributed by atoms with van der Waals surface area (Å²) in [5.41, 5.74) is -4.33. The normalized spacial score (nSPS) is 11.8. The number of halogens is 6. The van der Waals surface area contributed by atoms with E-state index in [1.807, 2.05) is 0 Å². The summed E-state index contributed by atoms with van der Waals surface area (Å²) in [4.78, 5) is 14.3. The summed E-state index contributed by atoms with van der Waals surface area (Å²) in [5.74, 6) is -1.41. The zero-order valence-corrected chi connectivity index (χ0v) is 9.44. The number of methoxy groups -OCH3 is 1. The molecular weight excluding hydrogens is 285 g/mol. The summed E-state index contributed by atoms with van der Waals surface area (Å²) in [5, 5.41) is -0.773. The second-order valence-corrected chi connectivity index (χ2v) is 3.40. The third-order valence-corrected chi connectivity index (χ3v) is 2.27. The van der Waals surface area contributed by atoms with Crippen LogP contribution in [0, 0.1) is 0 Å². The van der Waals surface area contributed by atoms with Gasteiger partial charge >= 0.3 is 12.1 Å². The standard InChI is InChI=1S/C9H5ClF5NO2/c1-18-8(17)5-4(7(11)12)3(9(13,14)15)2-16-6(5)10/h2,7H,1H3. The van der Waals surface area contributed by atoms with Gasteiger partial charge in [0.2, 0.25) is 0 Å². The van der Waals surface area contributed by atoms with E-state index < -0.39 is 40.4 Å². The van der Waals surface area contributed by atoms with E-state index in [1.54, 1.807) is 0 Å². The first-order valence-electron chi connectivity index (χ1n) is 4.32.